The Kier molecular flexibility index (Phi) is 2.22. The first kappa shape index (κ1) is 9.41. The lowest BCUT2D eigenvalue weighted by atomic mass is 10.3. The summed E-state index contributed by atoms with van der Waals surface area (Å²) in [5.41, 5.74) is 1.91. The molecule has 2 heterocycles. The number of nitriles is 1. The van der Waals surface area contributed by atoms with Crippen LogP contribution in [0.1, 0.15) is 11.5 Å². The van der Waals surface area contributed by atoms with E-state index in [9.17, 15) is 0 Å². The maximum atomic E-state index is 8.70. The predicted molar refractivity (Wildman–Crippen MR) is 57.1 cm³/mol. The third kappa shape index (κ3) is 1.48. The third-order valence-corrected chi connectivity index (χ3v) is 2.32. The number of hydrogen-bond donors (Lipinski definition) is 0. The summed E-state index contributed by atoms with van der Waals surface area (Å²) < 4.78 is 1.96. The Labute approximate surface area is 87.5 Å². The minimum atomic E-state index is 0.203. The van der Waals surface area contributed by atoms with Gasteiger partial charge in [0.2, 0.25) is 5.82 Å². The summed E-state index contributed by atoms with van der Waals surface area (Å²) >= 11 is 0. The van der Waals surface area contributed by atoms with Crippen molar-refractivity contribution in [2.45, 2.75) is 6.42 Å². The van der Waals surface area contributed by atoms with Crippen molar-refractivity contribution in [2.75, 3.05) is 0 Å². The Hall–Kier alpha value is -2.15. The first-order chi connectivity index (χ1) is 7.26. The van der Waals surface area contributed by atoms with Gasteiger partial charge in [0.1, 0.15) is 11.7 Å². The molecule has 74 valence electrons. The first-order valence-electron chi connectivity index (χ1n) is 4.58. The highest BCUT2D eigenvalue weighted by atomic mass is 15.0. The molecule has 2 rings (SSSR count). The van der Waals surface area contributed by atoms with Crippen LogP contribution in [0.25, 0.3) is 11.0 Å². The van der Waals surface area contributed by atoms with E-state index in [4.69, 9.17) is 5.26 Å². The summed E-state index contributed by atoms with van der Waals surface area (Å²) in [7, 11) is 1.93. The molecule has 4 nitrogen and oxygen atoms in total. The summed E-state index contributed by atoms with van der Waals surface area (Å²) in [5.74, 6) is 0.203. The maximum Gasteiger partial charge on any atom is 0.234 e. The molecule has 0 aliphatic carbocycles. The number of nitrogens with zero attached hydrogens (tertiary/aromatic N) is 4. The van der Waals surface area contributed by atoms with Crippen LogP contribution in [0.4, 0.5) is 0 Å². The summed E-state index contributed by atoms with van der Waals surface area (Å²) in [6, 6.07) is 3.94. The fraction of sp³-hybridized carbons (Fsp3) is 0.182. The Bertz CT molecular complexity index is 560. The number of rotatable bonds is 2. The molecule has 2 aromatic heterocycles. The quantitative estimate of drug-likeness (QED) is 0.688. The van der Waals surface area contributed by atoms with E-state index in [0.717, 1.165) is 23.1 Å². The summed E-state index contributed by atoms with van der Waals surface area (Å²) in [6.07, 6.45) is 4.30. The third-order valence-electron chi connectivity index (χ3n) is 2.32. The van der Waals surface area contributed by atoms with E-state index in [2.05, 4.69) is 16.5 Å². The molecule has 15 heavy (non-hydrogen) atoms. The van der Waals surface area contributed by atoms with Crippen LogP contribution in [-0.2, 0) is 13.5 Å². The zero-order chi connectivity index (χ0) is 10.8. The summed E-state index contributed by atoms with van der Waals surface area (Å²) in [6.45, 7) is 3.70. The van der Waals surface area contributed by atoms with E-state index in [1.165, 1.54) is 0 Å². The fourth-order valence-electron chi connectivity index (χ4n) is 1.56. The van der Waals surface area contributed by atoms with E-state index in [1.807, 2.05) is 29.8 Å². The highest BCUT2D eigenvalue weighted by molar-refractivity contribution is 5.76. The Balaban J connectivity index is 2.67. The minimum Gasteiger partial charge on any atom is -0.332 e. The van der Waals surface area contributed by atoms with Crippen molar-refractivity contribution in [1.29, 1.82) is 5.26 Å². The molecule has 0 N–H and O–H groups in total. The number of fused-ring (bicyclic) bond motifs is 1. The molecular formula is C11H10N4. The fourth-order valence-corrected chi connectivity index (χ4v) is 1.56. The molecule has 0 saturated carbocycles. The second-order valence-corrected chi connectivity index (χ2v) is 3.27. The molecule has 4 heteroatoms. The van der Waals surface area contributed by atoms with Crippen molar-refractivity contribution in [2.24, 2.45) is 7.05 Å². The molecule has 0 radical (unpaired) electrons. The van der Waals surface area contributed by atoms with Crippen molar-refractivity contribution >= 4 is 11.0 Å². The molecule has 0 unspecified atom stereocenters. The smallest absolute Gasteiger partial charge is 0.234 e. The number of aromatic nitrogens is 3. The van der Waals surface area contributed by atoms with Crippen molar-refractivity contribution in [1.82, 2.24) is 14.5 Å². The van der Waals surface area contributed by atoms with E-state index in [0.29, 0.717) is 0 Å². The van der Waals surface area contributed by atoms with Gasteiger partial charge in [0, 0.05) is 30.7 Å². The molecule has 0 aliphatic heterocycles. The molecule has 0 saturated heterocycles. The van der Waals surface area contributed by atoms with Crippen LogP contribution >= 0.6 is 0 Å². The van der Waals surface area contributed by atoms with Gasteiger partial charge in [0.05, 0.1) is 0 Å². The van der Waals surface area contributed by atoms with Gasteiger partial charge < -0.3 is 4.57 Å². The number of hydrogen-bond acceptors (Lipinski definition) is 3. The first-order valence-corrected chi connectivity index (χ1v) is 4.58. The predicted octanol–water partition coefficient (Wildman–Crippen LogP) is 1.57. The second kappa shape index (κ2) is 3.54. The average Bonchev–Trinajstić information content (AvgIpc) is 2.56. The lowest BCUT2D eigenvalue weighted by molar-refractivity contribution is 0.872. The monoisotopic (exact) mass is 198 g/mol. The highest BCUT2D eigenvalue weighted by Crippen LogP contribution is 2.16. The minimum absolute atomic E-state index is 0.203. The molecule has 0 aromatic carbocycles. The molecular weight excluding hydrogens is 188 g/mol. The topological polar surface area (TPSA) is 54.5 Å². The van der Waals surface area contributed by atoms with E-state index >= 15 is 0 Å². The highest BCUT2D eigenvalue weighted by Gasteiger charge is 2.07. The van der Waals surface area contributed by atoms with E-state index in [1.54, 1.807) is 6.20 Å². The van der Waals surface area contributed by atoms with Crippen LogP contribution in [0, 0.1) is 11.3 Å². The molecule has 0 fully saturated rings. The lowest BCUT2D eigenvalue weighted by Crippen LogP contribution is -1.97. The van der Waals surface area contributed by atoms with Crippen molar-refractivity contribution in [3.63, 3.8) is 0 Å². The Morgan fingerprint density at radius 1 is 1.67 bits per heavy atom. The van der Waals surface area contributed by atoms with Crippen LogP contribution in [0.2, 0.25) is 0 Å². The SMILES string of the molecule is C=CCc1cc2cnc(C#N)nc2n1C. The number of aryl methyl sites for hydroxylation is 1. The zero-order valence-corrected chi connectivity index (χ0v) is 8.44. The molecule has 0 atom stereocenters. The molecule has 0 amide bonds. The van der Waals surface area contributed by atoms with Gasteiger partial charge in [-0.3, -0.25) is 0 Å². The van der Waals surface area contributed by atoms with Gasteiger partial charge in [-0.1, -0.05) is 6.08 Å². The average molecular weight is 198 g/mol. The maximum absolute atomic E-state index is 8.70. The van der Waals surface area contributed by atoms with Crippen molar-refractivity contribution in [3.8, 4) is 6.07 Å². The molecule has 0 aliphatic rings. The van der Waals surface area contributed by atoms with Gasteiger partial charge in [-0.2, -0.15) is 5.26 Å². The van der Waals surface area contributed by atoms with Gasteiger partial charge in [-0.05, 0) is 6.07 Å². The van der Waals surface area contributed by atoms with Crippen molar-refractivity contribution < 1.29 is 0 Å². The van der Waals surface area contributed by atoms with Crippen LogP contribution in [0.15, 0.2) is 24.9 Å². The van der Waals surface area contributed by atoms with Gasteiger partial charge in [-0.15, -0.1) is 6.58 Å². The standard InChI is InChI=1S/C11H10N4/c1-3-4-9-5-8-7-13-10(6-12)14-11(8)15(9)2/h3,5,7H,1,4H2,2H3. The van der Waals surface area contributed by atoms with Gasteiger partial charge >= 0.3 is 0 Å². The number of allylic oxidation sites excluding steroid dienone is 1. The molecule has 0 bridgehead atoms. The van der Waals surface area contributed by atoms with E-state index in [-0.39, 0.29) is 5.82 Å². The van der Waals surface area contributed by atoms with Gasteiger partial charge in [0.15, 0.2) is 0 Å². The summed E-state index contributed by atoms with van der Waals surface area (Å²) in [5, 5.41) is 9.65. The van der Waals surface area contributed by atoms with Gasteiger partial charge in [-0.25, -0.2) is 9.97 Å². The Morgan fingerprint density at radius 3 is 3.13 bits per heavy atom. The Morgan fingerprint density at radius 2 is 2.47 bits per heavy atom. The van der Waals surface area contributed by atoms with Crippen LogP contribution in [0.3, 0.4) is 0 Å². The molecule has 2 aromatic rings. The lowest BCUT2D eigenvalue weighted by Gasteiger charge is -1.99. The van der Waals surface area contributed by atoms with Crippen LogP contribution in [-0.4, -0.2) is 14.5 Å². The molecule has 0 spiro atoms. The van der Waals surface area contributed by atoms with E-state index < -0.39 is 0 Å². The van der Waals surface area contributed by atoms with Crippen LogP contribution < -0.4 is 0 Å². The zero-order valence-electron chi connectivity index (χ0n) is 8.44. The summed E-state index contributed by atoms with van der Waals surface area (Å²) in [4.78, 5) is 8.08. The van der Waals surface area contributed by atoms with Crippen LogP contribution in [0.5, 0.6) is 0 Å². The normalized spacial score (nSPS) is 10.1. The van der Waals surface area contributed by atoms with Crippen molar-refractivity contribution in [3.05, 3.63) is 36.4 Å². The van der Waals surface area contributed by atoms with Gasteiger partial charge in [0.25, 0.3) is 0 Å². The largest absolute Gasteiger partial charge is 0.332 e. The second-order valence-electron chi connectivity index (χ2n) is 3.27.